The van der Waals surface area contributed by atoms with E-state index in [0.717, 1.165) is 0 Å². The van der Waals surface area contributed by atoms with Gasteiger partial charge in [-0.3, -0.25) is 18.9 Å². The number of aromatic nitrogens is 2. The molecule has 1 fully saturated rings. The molecular formula is C10H15F2N2O14P3S. The number of ether oxygens (including phenoxy) is 1. The molecule has 2 heterocycles. The van der Waals surface area contributed by atoms with Gasteiger partial charge >= 0.3 is 23.5 Å². The second-order valence-corrected chi connectivity index (χ2v) is 10.9. The van der Waals surface area contributed by atoms with Crippen LogP contribution in [0.25, 0.3) is 0 Å². The van der Waals surface area contributed by atoms with Gasteiger partial charge in [0.1, 0.15) is 18.9 Å². The van der Waals surface area contributed by atoms with E-state index in [4.69, 9.17) is 31.6 Å². The van der Waals surface area contributed by atoms with E-state index in [-0.39, 0.29) is 0 Å². The summed E-state index contributed by atoms with van der Waals surface area (Å²) in [4.78, 5) is 48.5. The predicted molar refractivity (Wildman–Crippen MR) is 96.5 cm³/mol. The minimum atomic E-state index is -5.83. The highest BCUT2D eigenvalue weighted by atomic mass is 32.1. The summed E-state index contributed by atoms with van der Waals surface area (Å²) in [6, 6.07) is 0. The number of hydrogen-bond acceptors (Lipinski definition) is 11. The van der Waals surface area contributed by atoms with Crippen LogP contribution in [0.5, 0.6) is 0 Å². The summed E-state index contributed by atoms with van der Waals surface area (Å²) in [5.41, 5.74) is -4.09. The van der Waals surface area contributed by atoms with Gasteiger partial charge in [-0.1, -0.05) is 0 Å². The molecule has 2 rings (SSSR count). The first-order valence-corrected chi connectivity index (χ1v) is 12.7. The smallest absolute Gasteiger partial charge is 0.387 e. The molecule has 0 aromatic carbocycles. The van der Waals surface area contributed by atoms with Gasteiger partial charge in [-0.2, -0.15) is 13.0 Å². The quantitative estimate of drug-likeness (QED) is 0.149. The van der Waals surface area contributed by atoms with Gasteiger partial charge in [-0.25, -0.2) is 18.1 Å². The monoisotopic (exact) mass is 550 g/mol. The fraction of sp³-hybridized carbons (Fsp3) is 0.600. The SMILES string of the molecule is O=c1[nH]c(=S)n([C@@H]2O[C@H](COP(=O)(O)OP(=O)(O)OP(=O)(O)O)C(O)[C@]2(O)CF)cc1F. The van der Waals surface area contributed by atoms with E-state index < -0.39 is 76.9 Å². The van der Waals surface area contributed by atoms with Gasteiger partial charge in [0.05, 0.1) is 12.8 Å². The topological polar surface area (TPSA) is 247 Å². The lowest BCUT2D eigenvalue weighted by Crippen LogP contribution is -2.49. The van der Waals surface area contributed by atoms with E-state index in [1.54, 1.807) is 0 Å². The Balaban J connectivity index is 2.22. The fourth-order valence-corrected chi connectivity index (χ4v) is 5.78. The van der Waals surface area contributed by atoms with Crippen molar-refractivity contribution in [3.63, 3.8) is 0 Å². The van der Waals surface area contributed by atoms with Gasteiger partial charge in [0, 0.05) is 0 Å². The van der Waals surface area contributed by atoms with Crippen molar-refractivity contribution in [1.29, 1.82) is 0 Å². The number of hydrogen-bond donors (Lipinski definition) is 7. The summed E-state index contributed by atoms with van der Waals surface area (Å²) < 4.78 is 77.2. The first-order chi connectivity index (χ1) is 14.4. The Morgan fingerprint density at radius 2 is 1.81 bits per heavy atom. The molecule has 3 unspecified atom stereocenters. The number of aromatic amines is 1. The van der Waals surface area contributed by atoms with Crippen LogP contribution in [0.3, 0.4) is 0 Å². The Bertz CT molecular complexity index is 1120. The van der Waals surface area contributed by atoms with Crippen LogP contribution in [0.15, 0.2) is 11.0 Å². The zero-order valence-electron chi connectivity index (χ0n) is 15.1. The van der Waals surface area contributed by atoms with Crippen molar-refractivity contribution < 1.29 is 70.1 Å². The van der Waals surface area contributed by atoms with Crippen molar-refractivity contribution in [3.8, 4) is 0 Å². The highest BCUT2D eigenvalue weighted by Crippen LogP contribution is 2.66. The normalized spacial score (nSPS) is 30.1. The minimum Gasteiger partial charge on any atom is -0.387 e. The summed E-state index contributed by atoms with van der Waals surface area (Å²) in [6.07, 6.45) is -5.66. The number of nitrogens with zero attached hydrogens (tertiary/aromatic N) is 1. The maximum absolute atomic E-state index is 13.6. The lowest BCUT2D eigenvalue weighted by atomic mass is 9.95. The molecule has 6 atom stereocenters. The third-order valence-corrected chi connectivity index (χ3v) is 7.92. The molecule has 1 aliphatic rings. The molecule has 0 saturated carbocycles. The van der Waals surface area contributed by atoms with Crippen molar-refractivity contribution in [2.24, 2.45) is 0 Å². The number of rotatable bonds is 9. The molecule has 7 N–H and O–H groups in total. The van der Waals surface area contributed by atoms with E-state index in [1.165, 1.54) is 0 Å². The average molecular weight is 550 g/mol. The first-order valence-electron chi connectivity index (χ1n) is 7.82. The van der Waals surface area contributed by atoms with Gasteiger partial charge < -0.3 is 34.5 Å². The summed E-state index contributed by atoms with van der Waals surface area (Å²) >= 11 is 4.76. The van der Waals surface area contributed by atoms with Crippen LogP contribution in [0.4, 0.5) is 8.78 Å². The van der Waals surface area contributed by atoms with Crippen LogP contribution in [-0.2, 0) is 31.6 Å². The molecule has 1 saturated heterocycles. The van der Waals surface area contributed by atoms with Crippen molar-refractivity contribution in [1.82, 2.24) is 9.55 Å². The molecule has 32 heavy (non-hydrogen) atoms. The molecule has 0 amide bonds. The van der Waals surface area contributed by atoms with E-state index in [1.807, 2.05) is 4.98 Å². The van der Waals surface area contributed by atoms with Gasteiger partial charge in [0.25, 0.3) is 5.56 Å². The van der Waals surface area contributed by atoms with Crippen LogP contribution in [0.1, 0.15) is 6.23 Å². The Kier molecular flexibility index (Phi) is 8.15. The van der Waals surface area contributed by atoms with Crippen LogP contribution < -0.4 is 5.56 Å². The van der Waals surface area contributed by atoms with Crippen molar-refractivity contribution in [3.05, 3.63) is 27.1 Å². The zero-order valence-corrected chi connectivity index (χ0v) is 18.6. The Labute approximate surface area is 180 Å². The van der Waals surface area contributed by atoms with Gasteiger partial charge in [0.2, 0.25) is 5.82 Å². The third-order valence-electron chi connectivity index (χ3n) is 3.80. The maximum atomic E-state index is 13.6. The molecule has 0 spiro atoms. The van der Waals surface area contributed by atoms with Crippen molar-refractivity contribution in [2.45, 2.75) is 24.0 Å². The summed E-state index contributed by atoms with van der Waals surface area (Å²) in [5.74, 6) is -1.42. The number of halogens is 2. The molecule has 184 valence electrons. The number of phosphoric ester groups is 1. The van der Waals surface area contributed by atoms with E-state index >= 15 is 0 Å². The van der Waals surface area contributed by atoms with Gasteiger partial charge in [0.15, 0.2) is 16.6 Å². The molecular weight excluding hydrogens is 535 g/mol. The molecule has 22 heteroatoms. The van der Waals surface area contributed by atoms with Gasteiger partial charge in [-0.05, 0) is 12.2 Å². The van der Waals surface area contributed by atoms with E-state index in [2.05, 4.69) is 13.1 Å². The summed E-state index contributed by atoms with van der Waals surface area (Å²) in [7, 11) is -17.1. The lowest BCUT2D eigenvalue weighted by molar-refractivity contribution is -0.121. The number of H-pyrrole nitrogens is 1. The molecule has 0 radical (unpaired) electrons. The lowest BCUT2D eigenvalue weighted by Gasteiger charge is -2.29. The van der Waals surface area contributed by atoms with E-state index in [0.29, 0.717) is 10.8 Å². The molecule has 0 aliphatic carbocycles. The molecule has 16 nitrogen and oxygen atoms in total. The molecule has 0 bridgehead atoms. The van der Waals surface area contributed by atoms with Crippen LogP contribution >= 0.6 is 35.7 Å². The molecule has 1 aromatic rings. The summed E-state index contributed by atoms with van der Waals surface area (Å²) in [6.45, 7) is -2.98. The molecule has 1 aromatic heterocycles. The second kappa shape index (κ2) is 9.48. The predicted octanol–water partition coefficient (Wildman–Crippen LogP) is -0.653. The Morgan fingerprint density at radius 3 is 2.34 bits per heavy atom. The number of nitrogens with one attached hydrogen (secondary N) is 1. The zero-order chi connectivity index (χ0) is 24.7. The highest BCUT2D eigenvalue weighted by molar-refractivity contribution is 7.71. The molecule has 1 aliphatic heterocycles. The van der Waals surface area contributed by atoms with Crippen LogP contribution in [0, 0.1) is 10.6 Å². The fourth-order valence-electron chi connectivity index (χ4n) is 2.51. The standard InChI is InChI=1S/C10H15F2N2O14P3S/c11-3-10(17)6(15)5(26-8(10)14-1-4(12)7(16)13-9(14)32)2-25-30(21,22)28-31(23,24)27-29(18,19)20/h1,5-6,8,15,17H,2-3H2,(H,21,22)(H,23,24)(H,13,16,32)(H2,18,19,20)/t5-,6?,8-,10-/m1/s1. The Morgan fingerprint density at radius 1 is 1.22 bits per heavy atom. The number of alkyl halides is 1. The average Bonchev–Trinajstić information content (AvgIpc) is 2.85. The number of aliphatic hydroxyl groups is 2. The van der Waals surface area contributed by atoms with Crippen LogP contribution in [-0.4, -0.2) is 70.4 Å². The number of aliphatic hydroxyl groups excluding tert-OH is 1. The second-order valence-electron chi connectivity index (χ2n) is 6.13. The largest absolute Gasteiger partial charge is 0.490 e. The highest BCUT2D eigenvalue weighted by Gasteiger charge is 2.57. The first kappa shape index (κ1) is 27.5. The Hall–Kier alpha value is -0.750. The van der Waals surface area contributed by atoms with Crippen LogP contribution in [0.2, 0.25) is 0 Å². The summed E-state index contributed by atoms with van der Waals surface area (Å²) in [5, 5.41) is 20.6. The van der Waals surface area contributed by atoms with Crippen molar-refractivity contribution >= 4 is 35.7 Å². The minimum absolute atomic E-state index is 0.434. The van der Waals surface area contributed by atoms with Crippen molar-refractivity contribution in [2.75, 3.05) is 13.3 Å². The van der Waals surface area contributed by atoms with Gasteiger partial charge in [-0.15, -0.1) is 0 Å². The number of phosphoric acid groups is 3. The third kappa shape index (κ3) is 6.43. The maximum Gasteiger partial charge on any atom is 0.490 e. The van der Waals surface area contributed by atoms with E-state index in [9.17, 15) is 42.4 Å².